The molecule has 0 aromatic heterocycles. The smallest absolute Gasteiger partial charge is 0.240 e. The van der Waals surface area contributed by atoms with Gasteiger partial charge in [0.2, 0.25) is 10.0 Å². The summed E-state index contributed by atoms with van der Waals surface area (Å²) in [6.07, 6.45) is 0.951. The van der Waals surface area contributed by atoms with Crippen molar-refractivity contribution in [2.24, 2.45) is 0 Å². The summed E-state index contributed by atoms with van der Waals surface area (Å²) < 4.78 is 38.3. The fourth-order valence-electron chi connectivity index (χ4n) is 2.99. The second-order valence-electron chi connectivity index (χ2n) is 5.86. The third kappa shape index (κ3) is 4.48. The Balaban J connectivity index is 0.00000243. The van der Waals surface area contributed by atoms with Crippen LogP contribution in [-0.2, 0) is 16.4 Å². The van der Waals surface area contributed by atoms with Crippen molar-refractivity contribution in [2.45, 2.75) is 17.4 Å². The third-order valence-electron chi connectivity index (χ3n) is 4.33. The van der Waals surface area contributed by atoms with E-state index in [-0.39, 0.29) is 29.9 Å². The minimum atomic E-state index is -3.68. The number of nitrogens with one attached hydrogen (secondary N) is 2. The first-order chi connectivity index (χ1) is 12.0. The molecule has 0 bridgehead atoms. The van der Waals surface area contributed by atoms with Crippen LogP contribution in [0.3, 0.4) is 0 Å². The molecule has 1 heterocycles. The molecule has 1 aliphatic heterocycles. The van der Waals surface area contributed by atoms with Crippen LogP contribution in [-0.4, -0.2) is 35.7 Å². The minimum Gasteiger partial charge on any atom is -0.497 e. The lowest BCUT2D eigenvalue weighted by Crippen LogP contribution is -2.38. The molecular weight excluding hydrogens is 376 g/mol. The van der Waals surface area contributed by atoms with Crippen LogP contribution in [0.2, 0.25) is 0 Å². The molecule has 2 aromatic carbocycles. The van der Waals surface area contributed by atoms with Crippen LogP contribution in [0.1, 0.15) is 17.2 Å². The summed E-state index contributed by atoms with van der Waals surface area (Å²) in [5.74, 6) is 0.863. The summed E-state index contributed by atoms with van der Waals surface area (Å²) in [5.41, 5.74) is 2.40. The lowest BCUT2D eigenvalue weighted by atomic mass is 9.95. The first-order valence-electron chi connectivity index (χ1n) is 8.07. The summed E-state index contributed by atoms with van der Waals surface area (Å²) in [4.78, 5) is 0.118. The number of sulfonamides is 1. The molecule has 0 saturated carbocycles. The highest BCUT2D eigenvalue weighted by molar-refractivity contribution is 7.89. The summed E-state index contributed by atoms with van der Waals surface area (Å²) >= 11 is 0. The average Bonchev–Trinajstić information content (AvgIpc) is 2.65. The van der Waals surface area contributed by atoms with Crippen LogP contribution >= 0.6 is 12.4 Å². The summed E-state index contributed by atoms with van der Waals surface area (Å²) in [7, 11) is -0.702. The summed E-state index contributed by atoms with van der Waals surface area (Å²) in [5, 5.41) is 3.37. The molecule has 2 N–H and O–H groups in total. The van der Waals surface area contributed by atoms with Gasteiger partial charge in [-0.3, -0.25) is 0 Å². The Morgan fingerprint density at radius 1 is 1.12 bits per heavy atom. The maximum absolute atomic E-state index is 12.7. The van der Waals surface area contributed by atoms with Crippen molar-refractivity contribution in [1.29, 1.82) is 0 Å². The lowest BCUT2D eigenvalue weighted by molar-refractivity contribution is 0.392. The molecule has 6 nitrogen and oxygen atoms in total. The molecule has 8 heteroatoms. The van der Waals surface area contributed by atoms with Gasteiger partial charge in [0.05, 0.1) is 19.1 Å². The van der Waals surface area contributed by atoms with E-state index in [1.807, 2.05) is 18.2 Å². The Morgan fingerprint density at radius 2 is 1.77 bits per heavy atom. The van der Waals surface area contributed by atoms with Gasteiger partial charge in [0.25, 0.3) is 0 Å². The van der Waals surface area contributed by atoms with Gasteiger partial charge in [-0.2, -0.15) is 0 Å². The molecule has 142 valence electrons. The van der Waals surface area contributed by atoms with Crippen molar-refractivity contribution in [1.82, 2.24) is 10.0 Å². The van der Waals surface area contributed by atoms with E-state index in [0.717, 1.165) is 18.5 Å². The van der Waals surface area contributed by atoms with Crippen molar-refractivity contribution >= 4 is 22.4 Å². The van der Waals surface area contributed by atoms with Gasteiger partial charge in [0, 0.05) is 30.8 Å². The van der Waals surface area contributed by atoms with E-state index in [4.69, 9.17) is 9.47 Å². The van der Waals surface area contributed by atoms with E-state index in [9.17, 15) is 8.42 Å². The topological polar surface area (TPSA) is 76.7 Å². The van der Waals surface area contributed by atoms with Gasteiger partial charge >= 0.3 is 0 Å². The number of hydrogen-bond acceptors (Lipinski definition) is 5. The van der Waals surface area contributed by atoms with Crippen LogP contribution in [0.5, 0.6) is 11.5 Å². The minimum absolute atomic E-state index is 0. The molecule has 1 unspecified atom stereocenters. The number of methoxy groups -OCH3 is 2. The number of fused-ring (bicyclic) bond motifs is 1. The molecule has 0 saturated heterocycles. The van der Waals surface area contributed by atoms with Crippen LogP contribution in [0.4, 0.5) is 0 Å². The molecular formula is C18H23ClN2O4S. The first-order valence-corrected chi connectivity index (χ1v) is 9.56. The van der Waals surface area contributed by atoms with Gasteiger partial charge in [-0.25, -0.2) is 13.1 Å². The molecule has 1 atom stereocenters. The zero-order chi connectivity index (χ0) is 17.9. The molecule has 26 heavy (non-hydrogen) atoms. The van der Waals surface area contributed by atoms with Crippen molar-refractivity contribution in [3.63, 3.8) is 0 Å². The van der Waals surface area contributed by atoms with Crippen molar-refractivity contribution in [2.75, 3.05) is 27.3 Å². The Labute approximate surface area is 160 Å². The highest BCUT2D eigenvalue weighted by Gasteiger charge is 2.23. The van der Waals surface area contributed by atoms with Gasteiger partial charge in [-0.05, 0) is 24.1 Å². The average molecular weight is 399 g/mol. The molecule has 0 fully saturated rings. The van der Waals surface area contributed by atoms with E-state index in [1.165, 1.54) is 31.9 Å². The standard InChI is InChI=1S/C18H22N2O4S.ClH/c1-23-14-9-15(24-2)11-16(10-14)25(21,22)20-12-18-17-6-4-3-5-13(17)7-8-19-18;/h3-6,9-11,18-20H,7-8,12H2,1-2H3;1H. The second-order valence-corrected chi connectivity index (χ2v) is 7.62. The van der Waals surface area contributed by atoms with Gasteiger partial charge in [-0.15, -0.1) is 12.4 Å². The fourth-order valence-corrected chi connectivity index (χ4v) is 4.08. The number of halogens is 1. The highest BCUT2D eigenvalue weighted by Crippen LogP contribution is 2.26. The van der Waals surface area contributed by atoms with Crippen LogP contribution in [0.15, 0.2) is 47.4 Å². The Bertz CT molecular complexity index is 836. The van der Waals surface area contributed by atoms with Gasteiger partial charge in [0.1, 0.15) is 11.5 Å². The molecule has 0 radical (unpaired) electrons. The van der Waals surface area contributed by atoms with E-state index in [0.29, 0.717) is 11.5 Å². The molecule has 3 rings (SSSR count). The number of benzene rings is 2. The quantitative estimate of drug-likeness (QED) is 0.780. The summed E-state index contributed by atoms with van der Waals surface area (Å²) in [6.45, 7) is 1.11. The monoisotopic (exact) mass is 398 g/mol. The van der Waals surface area contributed by atoms with Gasteiger partial charge in [-0.1, -0.05) is 24.3 Å². The normalized spacial score (nSPS) is 16.3. The lowest BCUT2D eigenvalue weighted by Gasteiger charge is -2.27. The fraction of sp³-hybridized carbons (Fsp3) is 0.333. The predicted molar refractivity (Wildman–Crippen MR) is 103 cm³/mol. The maximum Gasteiger partial charge on any atom is 0.240 e. The third-order valence-corrected chi connectivity index (χ3v) is 5.73. The summed E-state index contributed by atoms with van der Waals surface area (Å²) in [6, 6.07) is 12.7. The highest BCUT2D eigenvalue weighted by atomic mass is 35.5. The van der Waals surface area contributed by atoms with E-state index in [2.05, 4.69) is 16.1 Å². The Morgan fingerprint density at radius 3 is 2.42 bits per heavy atom. The first kappa shape index (κ1) is 20.5. The Hall–Kier alpha value is -1.80. The molecule has 0 amide bonds. The zero-order valence-electron chi connectivity index (χ0n) is 14.7. The van der Waals surface area contributed by atoms with Crippen molar-refractivity contribution in [3.8, 4) is 11.5 Å². The van der Waals surface area contributed by atoms with Crippen molar-refractivity contribution < 1.29 is 17.9 Å². The maximum atomic E-state index is 12.7. The van der Waals surface area contributed by atoms with Crippen LogP contribution in [0.25, 0.3) is 0 Å². The van der Waals surface area contributed by atoms with Crippen LogP contribution in [0, 0.1) is 0 Å². The largest absolute Gasteiger partial charge is 0.497 e. The SMILES string of the molecule is COc1cc(OC)cc(S(=O)(=O)NCC2NCCc3ccccc32)c1.Cl. The second kappa shape index (κ2) is 8.73. The predicted octanol–water partition coefficient (Wildman–Crippen LogP) is 2.29. The zero-order valence-corrected chi connectivity index (χ0v) is 16.3. The molecule has 1 aliphatic rings. The Kier molecular flexibility index (Phi) is 6.88. The molecule has 0 aliphatic carbocycles. The molecule has 0 spiro atoms. The van der Waals surface area contributed by atoms with Gasteiger partial charge in [0.15, 0.2) is 0 Å². The van der Waals surface area contributed by atoms with Crippen LogP contribution < -0.4 is 19.5 Å². The van der Waals surface area contributed by atoms with Crippen molar-refractivity contribution in [3.05, 3.63) is 53.6 Å². The van der Waals surface area contributed by atoms with E-state index >= 15 is 0 Å². The molecule has 2 aromatic rings. The van der Waals surface area contributed by atoms with Gasteiger partial charge < -0.3 is 14.8 Å². The number of hydrogen-bond donors (Lipinski definition) is 2. The number of ether oxygens (including phenoxy) is 2. The van der Waals surface area contributed by atoms with E-state index in [1.54, 1.807) is 6.07 Å². The van der Waals surface area contributed by atoms with E-state index < -0.39 is 10.0 Å². The number of rotatable bonds is 6.